The number of nitrogens with zero attached hydrogens (tertiary/aromatic N) is 3. The number of amides is 1. The standard InChI is InChI=1S/C20H16N4O3S/c1-28(26,27)16-6-2-13(3-7-16)18-11-23-19-9-5-15(12-24(18)19)14-4-8-17(20(21)25)22-10-14/h2-12H,1H3,(H2,21,25). The summed E-state index contributed by atoms with van der Waals surface area (Å²) in [6.45, 7) is 0. The summed E-state index contributed by atoms with van der Waals surface area (Å²) in [4.78, 5) is 19.9. The molecule has 0 unspecified atom stereocenters. The molecule has 1 amide bonds. The van der Waals surface area contributed by atoms with Crippen LogP contribution in [0.1, 0.15) is 10.5 Å². The Bertz CT molecular complexity index is 1290. The monoisotopic (exact) mass is 392 g/mol. The van der Waals surface area contributed by atoms with Crippen LogP contribution < -0.4 is 5.73 Å². The summed E-state index contributed by atoms with van der Waals surface area (Å²) < 4.78 is 25.2. The quantitative estimate of drug-likeness (QED) is 0.574. The van der Waals surface area contributed by atoms with E-state index in [1.165, 1.54) is 6.26 Å². The van der Waals surface area contributed by atoms with Crippen molar-refractivity contribution in [2.75, 3.05) is 6.26 Å². The third kappa shape index (κ3) is 3.25. The highest BCUT2D eigenvalue weighted by atomic mass is 32.2. The molecule has 1 aromatic carbocycles. The Balaban J connectivity index is 1.77. The average Bonchev–Trinajstić information content (AvgIpc) is 3.10. The van der Waals surface area contributed by atoms with Crippen molar-refractivity contribution in [3.63, 3.8) is 0 Å². The van der Waals surface area contributed by atoms with Crippen molar-refractivity contribution in [3.05, 3.63) is 72.8 Å². The van der Waals surface area contributed by atoms with Gasteiger partial charge in [0.2, 0.25) is 0 Å². The number of pyridine rings is 2. The lowest BCUT2D eigenvalue weighted by atomic mass is 10.1. The van der Waals surface area contributed by atoms with Crippen LogP contribution in [0.3, 0.4) is 0 Å². The maximum atomic E-state index is 11.7. The summed E-state index contributed by atoms with van der Waals surface area (Å²) in [5, 5.41) is 0. The Kier molecular flexibility index (Phi) is 4.20. The predicted molar refractivity (Wildman–Crippen MR) is 105 cm³/mol. The zero-order valence-electron chi connectivity index (χ0n) is 14.9. The molecule has 4 aromatic rings. The summed E-state index contributed by atoms with van der Waals surface area (Å²) in [6.07, 6.45) is 6.44. The van der Waals surface area contributed by atoms with Crippen molar-refractivity contribution in [3.8, 4) is 22.4 Å². The normalized spacial score (nSPS) is 11.6. The van der Waals surface area contributed by atoms with E-state index in [4.69, 9.17) is 5.73 Å². The van der Waals surface area contributed by atoms with E-state index < -0.39 is 15.7 Å². The van der Waals surface area contributed by atoms with Gasteiger partial charge in [0.05, 0.1) is 16.8 Å². The van der Waals surface area contributed by atoms with Crippen molar-refractivity contribution >= 4 is 21.4 Å². The van der Waals surface area contributed by atoms with Gasteiger partial charge in [0.25, 0.3) is 5.91 Å². The Hall–Kier alpha value is -3.52. The van der Waals surface area contributed by atoms with Crippen LogP contribution in [0.4, 0.5) is 0 Å². The molecule has 0 aliphatic rings. The first-order valence-corrected chi connectivity index (χ1v) is 10.3. The first-order chi connectivity index (χ1) is 13.3. The molecule has 0 atom stereocenters. The van der Waals surface area contributed by atoms with E-state index in [0.717, 1.165) is 28.0 Å². The van der Waals surface area contributed by atoms with E-state index in [-0.39, 0.29) is 10.6 Å². The maximum absolute atomic E-state index is 11.7. The van der Waals surface area contributed by atoms with E-state index >= 15 is 0 Å². The summed E-state index contributed by atoms with van der Waals surface area (Å²) in [6, 6.07) is 13.9. The van der Waals surface area contributed by atoms with E-state index in [0.29, 0.717) is 0 Å². The van der Waals surface area contributed by atoms with E-state index in [1.807, 2.05) is 22.7 Å². The molecule has 8 heteroatoms. The molecule has 28 heavy (non-hydrogen) atoms. The number of aromatic nitrogens is 3. The second-order valence-electron chi connectivity index (χ2n) is 6.38. The second kappa shape index (κ2) is 6.58. The number of carbonyl (C=O) groups excluding carboxylic acids is 1. The van der Waals surface area contributed by atoms with Crippen LogP contribution in [0.5, 0.6) is 0 Å². The lowest BCUT2D eigenvalue weighted by molar-refractivity contribution is 0.0995. The van der Waals surface area contributed by atoms with E-state index in [9.17, 15) is 13.2 Å². The number of hydrogen-bond acceptors (Lipinski definition) is 5. The number of carbonyl (C=O) groups is 1. The molecule has 4 rings (SSSR count). The minimum absolute atomic E-state index is 0.208. The maximum Gasteiger partial charge on any atom is 0.267 e. The molecule has 0 spiro atoms. The largest absolute Gasteiger partial charge is 0.364 e. The topological polar surface area (TPSA) is 107 Å². The highest BCUT2D eigenvalue weighted by molar-refractivity contribution is 7.90. The molecule has 0 aliphatic heterocycles. The van der Waals surface area contributed by atoms with Crippen molar-refractivity contribution in [2.24, 2.45) is 5.73 Å². The molecule has 3 heterocycles. The Labute approximate surface area is 161 Å². The summed E-state index contributed by atoms with van der Waals surface area (Å²) in [5.41, 5.74) is 9.60. The molecule has 7 nitrogen and oxygen atoms in total. The molecule has 0 fully saturated rings. The number of imidazole rings is 1. The molecular weight excluding hydrogens is 376 g/mol. The van der Waals surface area contributed by atoms with Gasteiger partial charge < -0.3 is 5.73 Å². The van der Waals surface area contributed by atoms with Crippen LogP contribution in [-0.4, -0.2) is 34.9 Å². The fourth-order valence-electron chi connectivity index (χ4n) is 2.95. The Morgan fingerprint density at radius 3 is 2.18 bits per heavy atom. The molecule has 0 saturated carbocycles. The Morgan fingerprint density at radius 2 is 1.57 bits per heavy atom. The van der Waals surface area contributed by atoms with Crippen molar-refractivity contribution in [1.29, 1.82) is 0 Å². The summed E-state index contributed by atoms with van der Waals surface area (Å²) in [7, 11) is -3.25. The number of nitrogens with two attached hydrogens (primary N) is 1. The smallest absolute Gasteiger partial charge is 0.267 e. The van der Waals surface area contributed by atoms with Crippen LogP contribution in [0.25, 0.3) is 28.0 Å². The first kappa shape index (κ1) is 17.9. The van der Waals surface area contributed by atoms with Crippen molar-refractivity contribution < 1.29 is 13.2 Å². The lowest BCUT2D eigenvalue weighted by Crippen LogP contribution is -2.12. The van der Waals surface area contributed by atoms with Gasteiger partial charge in [-0.25, -0.2) is 13.4 Å². The van der Waals surface area contributed by atoms with Crippen LogP contribution in [-0.2, 0) is 9.84 Å². The van der Waals surface area contributed by atoms with Gasteiger partial charge in [-0.05, 0) is 30.3 Å². The number of benzene rings is 1. The number of primary amides is 1. The predicted octanol–water partition coefficient (Wildman–Crippen LogP) is 2.57. The van der Waals surface area contributed by atoms with Crippen molar-refractivity contribution in [1.82, 2.24) is 14.4 Å². The number of fused-ring (bicyclic) bond motifs is 1. The molecule has 0 radical (unpaired) electrons. The average molecular weight is 392 g/mol. The molecule has 140 valence electrons. The fourth-order valence-corrected chi connectivity index (χ4v) is 3.58. The third-order valence-electron chi connectivity index (χ3n) is 4.43. The minimum atomic E-state index is -3.25. The third-order valence-corrected chi connectivity index (χ3v) is 5.56. The van der Waals surface area contributed by atoms with Gasteiger partial charge >= 0.3 is 0 Å². The zero-order valence-corrected chi connectivity index (χ0v) is 15.7. The van der Waals surface area contributed by atoms with Gasteiger partial charge in [0.1, 0.15) is 11.3 Å². The zero-order chi connectivity index (χ0) is 19.9. The molecular formula is C20H16N4O3S. The highest BCUT2D eigenvalue weighted by Gasteiger charge is 2.11. The van der Waals surface area contributed by atoms with Gasteiger partial charge in [0.15, 0.2) is 9.84 Å². The molecule has 0 bridgehead atoms. The molecule has 2 N–H and O–H groups in total. The molecule has 0 saturated heterocycles. The van der Waals surface area contributed by atoms with Crippen LogP contribution in [0, 0.1) is 0 Å². The fraction of sp³-hybridized carbons (Fsp3) is 0.0500. The van der Waals surface area contributed by atoms with Gasteiger partial charge in [-0.15, -0.1) is 0 Å². The van der Waals surface area contributed by atoms with Gasteiger partial charge in [0, 0.05) is 35.3 Å². The van der Waals surface area contributed by atoms with Crippen molar-refractivity contribution in [2.45, 2.75) is 4.90 Å². The van der Waals surface area contributed by atoms with E-state index in [1.54, 1.807) is 48.8 Å². The number of rotatable bonds is 4. The number of hydrogen-bond donors (Lipinski definition) is 1. The minimum Gasteiger partial charge on any atom is -0.364 e. The van der Waals surface area contributed by atoms with Crippen LogP contribution in [0.15, 0.2) is 72.0 Å². The Morgan fingerprint density at radius 1 is 0.893 bits per heavy atom. The van der Waals surface area contributed by atoms with Crippen LogP contribution >= 0.6 is 0 Å². The molecule has 3 aromatic heterocycles. The van der Waals surface area contributed by atoms with Gasteiger partial charge in [-0.2, -0.15) is 0 Å². The van der Waals surface area contributed by atoms with Gasteiger partial charge in [-0.1, -0.05) is 18.2 Å². The lowest BCUT2D eigenvalue weighted by Gasteiger charge is -2.07. The second-order valence-corrected chi connectivity index (χ2v) is 8.40. The number of sulfone groups is 1. The van der Waals surface area contributed by atoms with Gasteiger partial charge in [-0.3, -0.25) is 14.2 Å². The van der Waals surface area contributed by atoms with Crippen LogP contribution in [0.2, 0.25) is 0 Å². The molecule has 0 aliphatic carbocycles. The van der Waals surface area contributed by atoms with E-state index in [2.05, 4.69) is 9.97 Å². The summed E-state index contributed by atoms with van der Waals surface area (Å²) >= 11 is 0. The highest BCUT2D eigenvalue weighted by Crippen LogP contribution is 2.26. The SMILES string of the molecule is CS(=O)(=O)c1ccc(-c2cnc3ccc(-c4ccc(C(N)=O)nc4)cn23)cc1. The first-order valence-electron chi connectivity index (χ1n) is 8.37. The summed E-state index contributed by atoms with van der Waals surface area (Å²) in [5.74, 6) is -0.573.